The maximum Gasteiger partial charge on any atom is 0.0293 e. The summed E-state index contributed by atoms with van der Waals surface area (Å²) in [6.07, 6.45) is 1.22. The largest absolute Gasteiger partial charge is 0.315 e. The number of benzene rings is 1. The Hall–Kier alpha value is -0.860. The van der Waals surface area contributed by atoms with Gasteiger partial charge in [0.25, 0.3) is 0 Å². The van der Waals surface area contributed by atoms with Crippen LogP contribution in [0.3, 0.4) is 0 Å². The van der Waals surface area contributed by atoms with Crippen molar-refractivity contribution in [1.82, 2.24) is 10.6 Å². The van der Waals surface area contributed by atoms with Crippen molar-refractivity contribution in [2.45, 2.75) is 25.4 Å². The summed E-state index contributed by atoms with van der Waals surface area (Å²) < 4.78 is 0. The van der Waals surface area contributed by atoms with Gasteiger partial charge in [0.1, 0.15) is 0 Å². The molecule has 0 aromatic heterocycles. The minimum Gasteiger partial charge on any atom is -0.315 e. The summed E-state index contributed by atoms with van der Waals surface area (Å²) in [6, 6.07) is 10.6. The lowest BCUT2D eigenvalue weighted by Gasteiger charge is -2.24. The molecule has 2 N–H and O–H groups in total. The molecule has 2 rings (SSSR count). The molecule has 0 bridgehead atoms. The Balaban J connectivity index is 1.88. The van der Waals surface area contributed by atoms with Gasteiger partial charge >= 0.3 is 0 Å². The van der Waals surface area contributed by atoms with Crippen molar-refractivity contribution in [2.75, 3.05) is 13.1 Å². The third-order valence-corrected chi connectivity index (χ3v) is 2.93. The summed E-state index contributed by atoms with van der Waals surface area (Å²) in [7, 11) is 0. The third kappa shape index (κ3) is 2.34. The molecule has 2 heteroatoms. The minimum absolute atomic E-state index is 0.288. The van der Waals surface area contributed by atoms with E-state index < -0.39 is 0 Å². The van der Waals surface area contributed by atoms with Gasteiger partial charge in [-0.1, -0.05) is 30.3 Å². The van der Waals surface area contributed by atoms with E-state index in [2.05, 4.69) is 47.9 Å². The fourth-order valence-electron chi connectivity index (χ4n) is 1.88. The van der Waals surface area contributed by atoms with E-state index in [0.29, 0.717) is 0 Å². The van der Waals surface area contributed by atoms with Crippen LogP contribution < -0.4 is 10.6 Å². The monoisotopic (exact) mass is 190 g/mol. The lowest BCUT2D eigenvalue weighted by Crippen LogP contribution is -2.43. The van der Waals surface area contributed by atoms with E-state index in [1.165, 1.54) is 12.0 Å². The van der Waals surface area contributed by atoms with E-state index >= 15 is 0 Å². The zero-order valence-corrected chi connectivity index (χ0v) is 8.72. The molecular weight excluding hydrogens is 172 g/mol. The van der Waals surface area contributed by atoms with Crippen LogP contribution in [-0.2, 0) is 6.54 Å². The highest BCUT2D eigenvalue weighted by atomic mass is 15.1. The SMILES string of the molecule is CC1(NCc2ccccc2)CCNC1. The zero-order chi connectivity index (χ0) is 9.86. The second-order valence-electron chi connectivity index (χ2n) is 4.33. The molecule has 1 heterocycles. The predicted molar refractivity (Wildman–Crippen MR) is 59.2 cm³/mol. The molecule has 1 aliphatic rings. The molecule has 14 heavy (non-hydrogen) atoms. The molecule has 1 aromatic rings. The van der Waals surface area contributed by atoms with Gasteiger partial charge in [0.15, 0.2) is 0 Å². The lowest BCUT2D eigenvalue weighted by molar-refractivity contribution is 0.386. The molecule has 2 nitrogen and oxygen atoms in total. The van der Waals surface area contributed by atoms with Gasteiger partial charge < -0.3 is 10.6 Å². The molecule has 1 aliphatic heterocycles. The molecule has 0 amide bonds. The molecule has 0 radical (unpaired) electrons. The minimum atomic E-state index is 0.288. The van der Waals surface area contributed by atoms with Crippen LogP contribution in [0.5, 0.6) is 0 Å². The van der Waals surface area contributed by atoms with E-state index in [9.17, 15) is 0 Å². The van der Waals surface area contributed by atoms with E-state index in [1.807, 2.05) is 0 Å². The first-order chi connectivity index (χ1) is 6.79. The van der Waals surface area contributed by atoms with Crippen molar-refractivity contribution in [3.05, 3.63) is 35.9 Å². The molecular formula is C12H18N2. The highest BCUT2D eigenvalue weighted by Crippen LogP contribution is 2.14. The Morgan fingerprint density at radius 3 is 2.79 bits per heavy atom. The fraction of sp³-hybridized carbons (Fsp3) is 0.500. The van der Waals surface area contributed by atoms with Gasteiger partial charge in [-0.3, -0.25) is 0 Å². The van der Waals surface area contributed by atoms with E-state index in [4.69, 9.17) is 0 Å². The van der Waals surface area contributed by atoms with Gasteiger partial charge in [0.05, 0.1) is 0 Å². The van der Waals surface area contributed by atoms with E-state index in [1.54, 1.807) is 0 Å². The zero-order valence-electron chi connectivity index (χ0n) is 8.72. The van der Waals surface area contributed by atoms with Crippen molar-refractivity contribution in [3.8, 4) is 0 Å². The Morgan fingerprint density at radius 2 is 2.14 bits per heavy atom. The average molecular weight is 190 g/mol. The Morgan fingerprint density at radius 1 is 1.36 bits per heavy atom. The van der Waals surface area contributed by atoms with Crippen LogP contribution in [0.25, 0.3) is 0 Å². The fourth-order valence-corrected chi connectivity index (χ4v) is 1.88. The standard InChI is InChI=1S/C12H18N2/c1-12(7-8-13-10-12)14-9-11-5-3-2-4-6-11/h2-6,13-14H,7-10H2,1H3. The van der Waals surface area contributed by atoms with Crippen LogP contribution in [-0.4, -0.2) is 18.6 Å². The van der Waals surface area contributed by atoms with Crippen molar-refractivity contribution in [1.29, 1.82) is 0 Å². The molecule has 0 spiro atoms. The highest BCUT2D eigenvalue weighted by molar-refractivity contribution is 5.14. The van der Waals surface area contributed by atoms with Crippen LogP contribution in [0, 0.1) is 0 Å². The van der Waals surface area contributed by atoms with Crippen LogP contribution in [0.1, 0.15) is 18.9 Å². The van der Waals surface area contributed by atoms with Crippen molar-refractivity contribution in [2.24, 2.45) is 0 Å². The number of nitrogens with one attached hydrogen (secondary N) is 2. The van der Waals surface area contributed by atoms with Crippen LogP contribution >= 0.6 is 0 Å². The van der Waals surface area contributed by atoms with Gasteiger partial charge in [0, 0.05) is 18.6 Å². The maximum absolute atomic E-state index is 3.61. The quantitative estimate of drug-likeness (QED) is 0.755. The molecule has 76 valence electrons. The molecule has 1 aromatic carbocycles. The summed E-state index contributed by atoms with van der Waals surface area (Å²) in [5.41, 5.74) is 1.65. The van der Waals surface area contributed by atoms with Gasteiger partial charge in [-0.2, -0.15) is 0 Å². The predicted octanol–water partition coefficient (Wildman–Crippen LogP) is 1.53. The summed E-state index contributed by atoms with van der Waals surface area (Å²) in [6.45, 7) is 5.48. The molecule has 0 aliphatic carbocycles. The van der Waals surface area contributed by atoms with Gasteiger partial charge in [-0.05, 0) is 25.5 Å². The van der Waals surface area contributed by atoms with Gasteiger partial charge in [-0.25, -0.2) is 0 Å². The Labute approximate surface area is 85.7 Å². The lowest BCUT2D eigenvalue weighted by atomic mass is 10.0. The average Bonchev–Trinajstić information content (AvgIpc) is 2.65. The topological polar surface area (TPSA) is 24.1 Å². The summed E-state index contributed by atoms with van der Waals surface area (Å²) in [5, 5.41) is 7.00. The molecule has 1 fully saturated rings. The summed E-state index contributed by atoms with van der Waals surface area (Å²) in [4.78, 5) is 0. The van der Waals surface area contributed by atoms with Crippen molar-refractivity contribution in [3.63, 3.8) is 0 Å². The van der Waals surface area contributed by atoms with Crippen molar-refractivity contribution < 1.29 is 0 Å². The normalized spacial score (nSPS) is 26.6. The highest BCUT2D eigenvalue weighted by Gasteiger charge is 2.27. The van der Waals surface area contributed by atoms with Crippen LogP contribution in [0.2, 0.25) is 0 Å². The number of hydrogen-bond donors (Lipinski definition) is 2. The van der Waals surface area contributed by atoms with Gasteiger partial charge in [0.2, 0.25) is 0 Å². The second kappa shape index (κ2) is 4.11. The first-order valence-corrected chi connectivity index (χ1v) is 5.28. The molecule has 1 saturated heterocycles. The van der Waals surface area contributed by atoms with E-state index in [-0.39, 0.29) is 5.54 Å². The van der Waals surface area contributed by atoms with E-state index in [0.717, 1.165) is 19.6 Å². The summed E-state index contributed by atoms with van der Waals surface area (Å²) >= 11 is 0. The molecule has 0 saturated carbocycles. The summed E-state index contributed by atoms with van der Waals surface area (Å²) in [5.74, 6) is 0. The molecule has 1 atom stereocenters. The maximum atomic E-state index is 3.61. The van der Waals surface area contributed by atoms with Crippen molar-refractivity contribution >= 4 is 0 Å². The first kappa shape index (κ1) is 9.69. The second-order valence-corrected chi connectivity index (χ2v) is 4.33. The first-order valence-electron chi connectivity index (χ1n) is 5.28. The Bertz CT molecular complexity index is 276. The Kier molecular flexibility index (Phi) is 2.85. The van der Waals surface area contributed by atoms with Crippen LogP contribution in [0.4, 0.5) is 0 Å². The number of rotatable bonds is 3. The van der Waals surface area contributed by atoms with Gasteiger partial charge in [-0.15, -0.1) is 0 Å². The smallest absolute Gasteiger partial charge is 0.0293 e. The molecule has 1 unspecified atom stereocenters. The number of hydrogen-bond acceptors (Lipinski definition) is 2. The third-order valence-electron chi connectivity index (χ3n) is 2.93. The van der Waals surface area contributed by atoms with Crippen LogP contribution in [0.15, 0.2) is 30.3 Å².